The summed E-state index contributed by atoms with van der Waals surface area (Å²) in [6.45, 7) is 3.68. The van der Waals surface area contributed by atoms with Crippen molar-refractivity contribution in [3.63, 3.8) is 0 Å². The van der Waals surface area contributed by atoms with Crippen molar-refractivity contribution in [2.75, 3.05) is 4.90 Å². The summed E-state index contributed by atoms with van der Waals surface area (Å²) in [5.41, 5.74) is 2.20. The second-order valence-electron chi connectivity index (χ2n) is 5.85. The molecule has 1 aliphatic heterocycles. The Kier molecular flexibility index (Phi) is 4.25. The maximum absolute atomic E-state index is 13.0. The van der Waals surface area contributed by atoms with Gasteiger partial charge in [0.2, 0.25) is 6.10 Å². The average Bonchev–Trinajstić information content (AvgIpc) is 2.57. The summed E-state index contributed by atoms with van der Waals surface area (Å²) in [7, 11) is 0. The first kappa shape index (κ1) is 16.1. The molecule has 0 radical (unpaired) electrons. The van der Waals surface area contributed by atoms with Crippen LogP contribution >= 0.6 is 0 Å². The topological polar surface area (TPSA) is 66.8 Å². The van der Waals surface area contributed by atoms with Crippen LogP contribution in [0.3, 0.4) is 0 Å². The molecule has 0 aromatic heterocycles. The molecule has 5 nitrogen and oxygen atoms in total. The number of nitrogens with zero attached hydrogens (tertiary/aromatic N) is 1. The van der Waals surface area contributed by atoms with E-state index in [1.54, 1.807) is 13.0 Å². The molecule has 24 heavy (non-hydrogen) atoms. The van der Waals surface area contributed by atoms with Gasteiger partial charge < -0.3 is 9.84 Å². The van der Waals surface area contributed by atoms with Gasteiger partial charge in [-0.05, 0) is 31.0 Å². The van der Waals surface area contributed by atoms with Gasteiger partial charge in [0.15, 0.2) is 0 Å². The number of benzene rings is 2. The first-order valence-electron chi connectivity index (χ1n) is 7.91. The highest BCUT2D eigenvalue weighted by molar-refractivity contribution is 6.04. The van der Waals surface area contributed by atoms with Crippen molar-refractivity contribution in [2.45, 2.75) is 32.4 Å². The Morgan fingerprint density at radius 2 is 1.96 bits per heavy atom. The Hall–Kier alpha value is -2.82. The molecule has 0 aliphatic carbocycles. The van der Waals surface area contributed by atoms with E-state index in [-0.39, 0.29) is 5.91 Å². The third-order valence-corrected chi connectivity index (χ3v) is 4.17. The molecule has 0 spiro atoms. The number of anilines is 1. The van der Waals surface area contributed by atoms with Gasteiger partial charge >= 0.3 is 5.97 Å². The van der Waals surface area contributed by atoms with Gasteiger partial charge in [-0.25, -0.2) is 4.79 Å². The fourth-order valence-corrected chi connectivity index (χ4v) is 2.96. The van der Waals surface area contributed by atoms with E-state index in [1.807, 2.05) is 49.4 Å². The van der Waals surface area contributed by atoms with Crippen LogP contribution in [0.25, 0.3) is 0 Å². The molecule has 2 aromatic carbocycles. The highest BCUT2D eigenvalue weighted by Gasteiger charge is 2.41. The summed E-state index contributed by atoms with van der Waals surface area (Å²) in [5.74, 6) is -0.846. The number of carbonyl (C=O) groups excluding carboxylic acids is 1. The number of hydrogen-bond acceptors (Lipinski definition) is 3. The Labute approximate surface area is 140 Å². The van der Waals surface area contributed by atoms with Crippen molar-refractivity contribution in [1.29, 1.82) is 0 Å². The fraction of sp³-hybridized carbons (Fsp3) is 0.263. The van der Waals surface area contributed by atoms with E-state index in [0.717, 1.165) is 5.56 Å². The van der Waals surface area contributed by atoms with Crippen molar-refractivity contribution in [3.8, 4) is 5.75 Å². The number of amides is 1. The van der Waals surface area contributed by atoms with E-state index in [4.69, 9.17) is 4.74 Å². The van der Waals surface area contributed by atoms with Crippen molar-refractivity contribution in [3.05, 3.63) is 59.7 Å². The molecular weight excluding hydrogens is 306 g/mol. The lowest BCUT2D eigenvalue weighted by Gasteiger charge is -2.37. The number of ether oxygens (including phenoxy) is 1. The molecular formula is C19H19NO4. The molecule has 1 N–H and O–H groups in total. The number of aryl methyl sites for hydroxylation is 1. The summed E-state index contributed by atoms with van der Waals surface area (Å²) < 4.78 is 5.93. The molecule has 1 amide bonds. The van der Waals surface area contributed by atoms with Crippen LogP contribution < -0.4 is 9.64 Å². The minimum absolute atomic E-state index is 0.315. The lowest BCUT2D eigenvalue weighted by Crippen LogP contribution is -2.50. The number of aliphatic carboxylic acids is 1. The molecule has 124 valence electrons. The Bertz CT molecular complexity index is 772. The monoisotopic (exact) mass is 325 g/mol. The number of rotatable bonds is 4. The highest BCUT2D eigenvalue weighted by atomic mass is 16.5. The molecule has 5 heteroatoms. The second kappa shape index (κ2) is 6.35. The lowest BCUT2D eigenvalue weighted by molar-refractivity contribution is -0.141. The quantitative estimate of drug-likeness (QED) is 0.936. The van der Waals surface area contributed by atoms with E-state index >= 15 is 0 Å². The largest absolute Gasteiger partial charge is 0.480 e. The van der Waals surface area contributed by atoms with Gasteiger partial charge in [0.1, 0.15) is 11.8 Å². The molecule has 1 aliphatic rings. The molecule has 0 saturated carbocycles. The third-order valence-electron chi connectivity index (χ3n) is 4.17. The van der Waals surface area contributed by atoms with Crippen molar-refractivity contribution < 1.29 is 19.4 Å². The van der Waals surface area contributed by atoms with Gasteiger partial charge in [-0.2, -0.15) is 0 Å². The molecule has 0 bridgehead atoms. The van der Waals surface area contributed by atoms with Gasteiger partial charge in [0, 0.05) is 5.56 Å². The highest BCUT2D eigenvalue weighted by Crippen LogP contribution is 2.40. The van der Waals surface area contributed by atoms with Crippen molar-refractivity contribution in [2.24, 2.45) is 0 Å². The zero-order valence-corrected chi connectivity index (χ0v) is 13.6. The second-order valence-corrected chi connectivity index (χ2v) is 5.85. The molecule has 1 heterocycles. The molecule has 3 rings (SSSR count). The van der Waals surface area contributed by atoms with E-state index in [1.165, 1.54) is 4.90 Å². The Balaban J connectivity index is 2.12. The van der Waals surface area contributed by atoms with Crippen LogP contribution in [0.4, 0.5) is 5.69 Å². The van der Waals surface area contributed by atoms with Crippen LogP contribution in [-0.2, 0) is 9.59 Å². The Morgan fingerprint density at radius 3 is 2.58 bits per heavy atom. The standard InChI is InChI=1S/C19H19NO4/c1-3-14(19(22)23)20-15-10-9-12(2)11-16(15)24-17(18(20)21)13-7-5-4-6-8-13/h4-11,14,17H,3H2,1-2H3,(H,22,23). The number of fused-ring (bicyclic) bond motifs is 1. The van der Waals surface area contributed by atoms with Crippen LogP contribution in [0.5, 0.6) is 5.75 Å². The molecule has 0 saturated heterocycles. The van der Waals surface area contributed by atoms with Gasteiger partial charge in [0.25, 0.3) is 5.91 Å². The van der Waals surface area contributed by atoms with Crippen LogP contribution in [0.15, 0.2) is 48.5 Å². The van der Waals surface area contributed by atoms with E-state index < -0.39 is 18.1 Å². The normalized spacial score (nSPS) is 17.8. The fourth-order valence-electron chi connectivity index (χ4n) is 2.96. The van der Waals surface area contributed by atoms with Gasteiger partial charge in [-0.1, -0.05) is 43.3 Å². The van der Waals surface area contributed by atoms with Gasteiger partial charge in [0.05, 0.1) is 5.69 Å². The smallest absolute Gasteiger partial charge is 0.326 e. The third kappa shape index (κ3) is 2.73. The van der Waals surface area contributed by atoms with Gasteiger partial charge in [-0.3, -0.25) is 9.69 Å². The zero-order valence-electron chi connectivity index (χ0n) is 13.6. The predicted octanol–water partition coefficient (Wildman–Crippen LogP) is 3.32. The van der Waals surface area contributed by atoms with Crippen molar-refractivity contribution >= 4 is 17.6 Å². The lowest BCUT2D eigenvalue weighted by atomic mass is 10.0. The maximum Gasteiger partial charge on any atom is 0.326 e. The summed E-state index contributed by atoms with van der Waals surface area (Å²) in [4.78, 5) is 26.0. The molecule has 2 atom stereocenters. The first-order chi connectivity index (χ1) is 11.5. The molecule has 2 aromatic rings. The molecule has 0 fully saturated rings. The average molecular weight is 325 g/mol. The maximum atomic E-state index is 13.0. The van der Waals surface area contributed by atoms with Crippen LogP contribution in [0.2, 0.25) is 0 Å². The summed E-state index contributed by atoms with van der Waals surface area (Å²) in [5, 5.41) is 9.55. The van der Waals surface area contributed by atoms with E-state index in [0.29, 0.717) is 23.4 Å². The van der Waals surface area contributed by atoms with Crippen molar-refractivity contribution in [1.82, 2.24) is 0 Å². The SMILES string of the molecule is CCC(C(=O)O)N1C(=O)C(c2ccccc2)Oc2cc(C)ccc21. The minimum atomic E-state index is -1.02. The summed E-state index contributed by atoms with van der Waals surface area (Å²) in [6.07, 6.45) is -0.524. The Morgan fingerprint density at radius 1 is 1.25 bits per heavy atom. The first-order valence-corrected chi connectivity index (χ1v) is 7.91. The zero-order chi connectivity index (χ0) is 17.3. The minimum Gasteiger partial charge on any atom is -0.480 e. The number of carboxylic acid groups (broad SMARTS) is 1. The summed E-state index contributed by atoms with van der Waals surface area (Å²) in [6, 6.07) is 13.6. The van der Waals surface area contributed by atoms with Gasteiger partial charge in [-0.15, -0.1) is 0 Å². The number of carbonyl (C=O) groups is 2. The van der Waals surface area contributed by atoms with Crippen LogP contribution in [0.1, 0.15) is 30.6 Å². The predicted molar refractivity (Wildman–Crippen MR) is 90.2 cm³/mol. The number of carboxylic acids is 1. The summed E-state index contributed by atoms with van der Waals surface area (Å²) >= 11 is 0. The number of hydrogen-bond donors (Lipinski definition) is 1. The van der Waals surface area contributed by atoms with E-state index in [9.17, 15) is 14.7 Å². The van der Waals surface area contributed by atoms with Crippen LogP contribution in [-0.4, -0.2) is 23.0 Å². The molecule has 2 unspecified atom stereocenters. The van der Waals surface area contributed by atoms with E-state index in [2.05, 4.69) is 0 Å². The van der Waals surface area contributed by atoms with Crippen LogP contribution in [0, 0.1) is 6.92 Å².